The van der Waals surface area contributed by atoms with Crippen LogP contribution in [0.15, 0.2) is 23.8 Å². The largest absolute Gasteiger partial charge is 0.493 e. The molecule has 1 rings (SSSR count). The van der Waals surface area contributed by atoms with Gasteiger partial charge in [0.05, 0.1) is 7.11 Å². The van der Waals surface area contributed by atoms with Crippen LogP contribution in [0.1, 0.15) is 12.5 Å². The number of rotatable bonds is 5. The van der Waals surface area contributed by atoms with Crippen molar-refractivity contribution in [2.45, 2.75) is 13.5 Å². The maximum atomic E-state index is 12.1. The fraction of sp³-hybridized carbons (Fsp3) is 0.250. The van der Waals surface area contributed by atoms with Crippen molar-refractivity contribution in [1.82, 2.24) is 0 Å². The number of aliphatic carboxylic acids is 1. The molecule has 0 aliphatic rings. The quantitative estimate of drug-likeness (QED) is 0.825. The number of halogens is 2. The molecule has 0 saturated carbocycles. The highest BCUT2D eigenvalue weighted by molar-refractivity contribution is 5.91. The van der Waals surface area contributed by atoms with Crippen LogP contribution in [0.4, 0.5) is 8.78 Å². The van der Waals surface area contributed by atoms with Crippen molar-refractivity contribution in [2.75, 3.05) is 7.11 Å². The molecule has 1 aromatic carbocycles. The van der Waals surface area contributed by atoms with E-state index in [9.17, 15) is 13.6 Å². The topological polar surface area (TPSA) is 55.8 Å². The van der Waals surface area contributed by atoms with E-state index in [0.717, 1.165) is 0 Å². The Bertz CT molecular complexity index is 469. The van der Waals surface area contributed by atoms with Gasteiger partial charge in [-0.05, 0) is 30.7 Å². The van der Waals surface area contributed by atoms with Crippen molar-refractivity contribution >= 4 is 12.0 Å². The summed E-state index contributed by atoms with van der Waals surface area (Å²) in [6, 6.07) is 4.18. The van der Waals surface area contributed by atoms with E-state index in [1.807, 2.05) is 0 Å². The number of hydrogen-bond donors (Lipinski definition) is 1. The minimum Gasteiger partial charge on any atom is -0.493 e. The molecule has 1 aromatic rings. The van der Waals surface area contributed by atoms with Gasteiger partial charge in [-0.3, -0.25) is 0 Å². The molecule has 0 bridgehead atoms. The van der Waals surface area contributed by atoms with Crippen LogP contribution in [0.2, 0.25) is 0 Å². The van der Waals surface area contributed by atoms with Crippen molar-refractivity contribution in [3.63, 3.8) is 0 Å². The fourth-order valence-corrected chi connectivity index (χ4v) is 1.28. The third-order valence-electron chi connectivity index (χ3n) is 2.12. The molecule has 0 amide bonds. The predicted molar refractivity (Wildman–Crippen MR) is 60.9 cm³/mol. The molecule has 4 nitrogen and oxygen atoms in total. The summed E-state index contributed by atoms with van der Waals surface area (Å²) < 4.78 is 33.3. The highest BCUT2D eigenvalue weighted by atomic mass is 19.3. The minimum atomic E-state index is -2.94. The van der Waals surface area contributed by atoms with Crippen molar-refractivity contribution in [2.24, 2.45) is 0 Å². The molecule has 0 aliphatic heterocycles. The van der Waals surface area contributed by atoms with Gasteiger partial charge in [-0.25, -0.2) is 4.79 Å². The van der Waals surface area contributed by atoms with Crippen molar-refractivity contribution in [3.05, 3.63) is 29.3 Å². The maximum Gasteiger partial charge on any atom is 0.387 e. The van der Waals surface area contributed by atoms with Gasteiger partial charge in [-0.2, -0.15) is 8.78 Å². The standard InChI is InChI=1S/C12H12F2O4/c1-7(11(15)16)5-8-3-4-9(18-12(13)14)10(6-8)17-2/h3-6,12H,1-2H3,(H,15,16)/b7-5+. The van der Waals surface area contributed by atoms with Gasteiger partial charge in [0.2, 0.25) is 0 Å². The molecule has 0 aliphatic carbocycles. The molecular formula is C12H12F2O4. The average Bonchev–Trinajstić information content (AvgIpc) is 2.30. The number of benzene rings is 1. The van der Waals surface area contributed by atoms with E-state index in [1.165, 1.54) is 38.3 Å². The van der Waals surface area contributed by atoms with E-state index in [-0.39, 0.29) is 17.1 Å². The molecule has 18 heavy (non-hydrogen) atoms. The van der Waals surface area contributed by atoms with Crippen molar-refractivity contribution in [3.8, 4) is 11.5 Å². The first kappa shape index (κ1) is 14.0. The molecule has 0 fully saturated rings. The normalized spacial score (nSPS) is 11.5. The third kappa shape index (κ3) is 3.73. The van der Waals surface area contributed by atoms with Crippen LogP contribution >= 0.6 is 0 Å². The monoisotopic (exact) mass is 258 g/mol. The first-order valence-corrected chi connectivity index (χ1v) is 4.98. The van der Waals surface area contributed by atoms with E-state index < -0.39 is 12.6 Å². The Hall–Kier alpha value is -2.11. The SMILES string of the molecule is COc1cc(/C=C(\C)C(=O)O)ccc1OC(F)F. The lowest BCUT2D eigenvalue weighted by molar-refractivity contribution is -0.132. The molecule has 0 spiro atoms. The molecule has 0 aromatic heterocycles. The molecular weight excluding hydrogens is 246 g/mol. The Morgan fingerprint density at radius 2 is 2.06 bits per heavy atom. The van der Waals surface area contributed by atoms with Crippen molar-refractivity contribution < 1.29 is 28.2 Å². The van der Waals surface area contributed by atoms with Gasteiger partial charge in [-0.1, -0.05) is 6.07 Å². The lowest BCUT2D eigenvalue weighted by atomic mass is 10.1. The lowest BCUT2D eigenvalue weighted by Crippen LogP contribution is -2.03. The summed E-state index contributed by atoms with van der Waals surface area (Å²) in [4.78, 5) is 10.6. The molecule has 0 saturated heterocycles. The number of methoxy groups -OCH3 is 1. The zero-order chi connectivity index (χ0) is 13.7. The van der Waals surface area contributed by atoms with Crippen LogP contribution < -0.4 is 9.47 Å². The van der Waals surface area contributed by atoms with Crippen LogP contribution in [0.5, 0.6) is 11.5 Å². The van der Waals surface area contributed by atoms with Gasteiger partial charge in [0, 0.05) is 5.57 Å². The summed E-state index contributed by atoms with van der Waals surface area (Å²) in [5, 5.41) is 8.72. The lowest BCUT2D eigenvalue weighted by Gasteiger charge is -2.10. The second-order valence-corrected chi connectivity index (χ2v) is 3.42. The first-order valence-electron chi connectivity index (χ1n) is 4.98. The number of carboxylic acid groups (broad SMARTS) is 1. The summed E-state index contributed by atoms with van der Waals surface area (Å²) in [5.41, 5.74) is 0.646. The Morgan fingerprint density at radius 1 is 1.39 bits per heavy atom. The highest BCUT2D eigenvalue weighted by Crippen LogP contribution is 2.30. The van der Waals surface area contributed by atoms with Crippen molar-refractivity contribution in [1.29, 1.82) is 0 Å². The summed E-state index contributed by atoms with van der Waals surface area (Å²) >= 11 is 0. The van der Waals surface area contributed by atoms with Gasteiger partial charge in [0.15, 0.2) is 11.5 Å². The Labute approximate surface area is 102 Å². The van der Waals surface area contributed by atoms with E-state index in [0.29, 0.717) is 5.56 Å². The van der Waals surface area contributed by atoms with Gasteiger partial charge in [-0.15, -0.1) is 0 Å². The Balaban J connectivity index is 3.05. The number of alkyl halides is 2. The van der Waals surface area contributed by atoms with Gasteiger partial charge >= 0.3 is 12.6 Å². The minimum absolute atomic E-state index is 0.0994. The van der Waals surface area contributed by atoms with E-state index >= 15 is 0 Å². The molecule has 0 radical (unpaired) electrons. The zero-order valence-electron chi connectivity index (χ0n) is 9.81. The number of hydrogen-bond acceptors (Lipinski definition) is 3. The zero-order valence-corrected chi connectivity index (χ0v) is 9.81. The highest BCUT2D eigenvalue weighted by Gasteiger charge is 2.11. The van der Waals surface area contributed by atoms with Crippen LogP contribution in [0.3, 0.4) is 0 Å². The summed E-state index contributed by atoms with van der Waals surface area (Å²) in [7, 11) is 1.31. The van der Waals surface area contributed by atoms with Crippen LogP contribution in [-0.2, 0) is 4.79 Å². The van der Waals surface area contributed by atoms with Crippen LogP contribution in [-0.4, -0.2) is 24.8 Å². The molecule has 1 N–H and O–H groups in total. The summed E-state index contributed by atoms with van der Waals surface area (Å²) in [6.07, 6.45) is 1.40. The second-order valence-electron chi connectivity index (χ2n) is 3.42. The van der Waals surface area contributed by atoms with Gasteiger partial charge < -0.3 is 14.6 Å². The smallest absolute Gasteiger partial charge is 0.387 e. The molecule has 98 valence electrons. The fourth-order valence-electron chi connectivity index (χ4n) is 1.28. The van der Waals surface area contributed by atoms with E-state index in [1.54, 1.807) is 0 Å². The number of carboxylic acids is 1. The summed E-state index contributed by atoms with van der Waals surface area (Å²) in [5.74, 6) is -1.04. The number of ether oxygens (including phenoxy) is 2. The Kier molecular flexibility index (Phi) is 4.65. The van der Waals surface area contributed by atoms with Gasteiger partial charge in [0.1, 0.15) is 0 Å². The molecule has 0 heterocycles. The molecule has 0 unspecified atom stereocenters. The predicted octanol–water partition coefficient (Wildman–Crippen LogP) is 2.78. The van der Waals surface area contributed by atoms with E-state index in [4.69, 9.17) is 9.84 Å². The second kappa shape index (κ2) is 6.00. The molecule has 6 heteroatoms. The van der Waals surface area contributed by atoms with Crippen LogP contribution in [0, 0.1) is 0 Å². The summed E-state index contributed by atoms with van der Waals surface area (Å²) in [6.45, 7) is -1.51. The average molecular weight is 258 g/mol. The van der Waals surface area contributed by atoms with E-state index in [2.05, 4.69) is 4.74 Å². The molecule has 0 atom stereocenters. The van der Waals surface area contributed by atoms with Gasteiger partial charge in [0.25, 0.3) is 0 Å². The maximum absolute atomic E-state index is 12.1. The third-order valence-corrected chi connectivity index (χ3v) is 2.12. The first-order chi connectivity index (χ1) is 8.43. The number of carbonyl (C=O) groups is 1. The van der Waals surface area contributed by atoms with Crippen LogP contribution in [0.25, 0.3) is 6.08 Å². The Morgan fingerprint density at radius 3 is 2.56 bits per heavy atom.